The molecule has 4 nitrogen and oxygen atoms in total. The van der Waals surface area contributed by atoms with Gasteiger partial charge in [-0.2, -0.15) is 5.26 Å². The van der Waals surface area contributed by atoms with Crippen LogP contribution in [0.1, 0.15) is 39.3 Å². The van der Waals surface area contributed by atoms with Crippen molar-refractivity contribution in [3.8, 4) is 6.07 Å². The summed E-state index contributed by atoms with van der Waals surface area (Å²) in [7, 11) is 0. The van der Waals surface area contributed by atoms with Crippen molar-refractivity contribution in [2.24, 2.45) is 0 Å². The molecule has 0 amide bonds. The molecule has 0 atom stereocenters. The lowest BCUT2D eigenvalue weighted by atomic mass is 10.2. The molecule has 0 radical (unpaired) electrons. The molecule has 19 heavy (non-hydrogen) atoms. The average Bonchev–Trinajstić information content (AvgIpc) is 2.41. The summed E-state index contributed by atoms with van der Waals surface area (Å²) in [6.45, 7) is 8.97. The number of rotatable bonds is 8. The lowest BCUT2D eigenvalue weighted by Crippen LogP contribution is -2.31. The van der Waals surface area contributed by atoms with Crippen LogP contribution in [0.3, 0.4) is 0 Å². The molecule has 0 aliphatic heterocycles. The summed E-state index contributed by atoms with van der Waals surface area (Å²) in [5.41, 5.74) is 1.05. The van der Waals surface area contributed by atoms with Gasteiger partial charge in [-0.1, -0.05) is 13.0 Å². The zero-order valence-corrected chi connectivity index (χ0v) is 12.2. The van der Waals surface area contributed by atoms with E-state index in [9.17, 15) is 0 Å². The van der Waals surface area contributed by atoms with E-state index in [2.05, 4.69) is 42.0 Å². The summed E-state index contributed by atoms with van der Waals surface area (Å²) < 4.78 is 0. The van der Waals surface area contributed by atoms with Crippen molar-refractivity contribution in [3.63, 3.8) is 0 Å². The topological polar surface area (TPSA) is 52.0 Å². The highest BCUT2D eigenvalue weighted by Crippen LogP contribution is 2.10. The molecule has 0 spiro atoms. The van der Waals surface area contributed by atoms with E-state index >= 15 is 0 Å². The van der Waals surface area contributed by atoms with E-state index in [4.69, 9.17) is 5.26 Å². The summed E-state index contributed by atoms with van der Waals surface area (Å²) >= 11 is 0. The highest BCUT2D eigenvalue weighted by atomic mass is 15.2. The number of nitrogens with one attached hydrogen (secondary N) is 1. The fraction of sp³-hybridized carbons (Fsp3) is 0.600. The van der Waals surface area contributed by atoms with Gasteiger partial charge in [-0.3, -0.25) is 4.90 Å². The SMILES string of the molecule is CCCNc1cccc(CN(CCC#N)C(C)C)n1. The molecule has 4 heteroatoms. The van der Waals surface area contributed by atoms with Crippen LogP contribution in [0.2, 0.25) is 0 Å². The maximum Gasteiger partial charge on any atom is 0.126 e. The third kappa shape index (κ3) is 5.71. The van der Waals surface area contributed by atoms with Gasteiger partial charge in [-0.25, -0.2) is 4.98 Å². The Balaban J connectivity index is 2.65. The van der Waals surface area contributed by atoms with Crippen molar-refractivity contribution >= 4 is 5.82 Å². The van der Waals surface area contributed by atoms with Crippen LogP contribution >= 0.6 is 0 Å². The quantitative estimate of drug-likeness (QED) is 0.780. The van der Waals surface area contributed by atoms with Crippen molar-refractivity contribution in [3.05, 3.63) is 23.9 Å². The number of pyridine rings is 1. The van der Waals surface area contributed by atoms with Crippen molar-refractivity contribution in [2.45, 2.75) is 46.2 Å². The van der Waals surface area contributed by atoms with Crippen molar-refractivity contribution in [2.75, 3.05) is 18.4 Å². The summed E-state index contributed by atoms with van der Waals surface area (Å²) in [4.78, 5) is 6.88. The molecule has 1 aromatic rings. The van der Waals surface area contributed by atoms with E-state index in [1.165, 1.54) is 0 Å². The highest BCUT2D eigenvalue weighted by Gasteiger charge is 2.10. The first-order chi connectivity index (χ1) is 9.17. The van der Waals surface area contributed by atoms with Gasteiger partial charge in [-0.15, -0.1) is 0 Å². The second-order valence-electron chi connectivity index (χ2n) is 4.91. The summed E-state index contributed by atoms with van der Waals surface area (Å²) in [6.07, 6.45) is 1.65. The maximum atomic E-state index is 8.70. The van der Waals surface area contributed by atoms with Gasteiger partial charge < -0.3 is 5.32 Å². The van der Waals surface area contributed by atoms with Crippen LogP contribution in [0, 0.1) is 11.3 Å². The molecule has 0 saturated heterocycles. The zero-order chi connectivity index (χ0) is 14.1. The minimum absolute atomic E-state index is 0.419. The molecular formula is C15H24N4. The predicted molar refractivity (Wildman–Crippen MR) is 78.8 cm³/mol. The molecular weight excluding hydrogens is 236 g/mol. The molecule has 0 saturated carbocycles. The minimum atomic E-state index is 0.419. The van der Waals surface area contributed by atoms with Crippen LogP contribution in [0.25, 0.3) is 0 Å². The van der Waals surface area contributed by atoms with Gasteiger partial charge in [0.1, 0.15) is 5.82 Å². The second-order valence-corrected chi connectivity index (χ2v) is 4.91. The number of hydrogen-bond acceptors (Lipinski definition) is 4. The van der Waals surface area contributed by atoms with Gasteiger partial charge in [0, 0.05) is 32.1 Å². The van der Waals surface area contributed by atoms with E-state index < -0.39 is 0 Å². The molecule has 0 aliphatic carbocycles. The van der Waals surface area contributed by atoms with Crippen molar-refractivity contribution < 1.29 is 0 Å². The predicted octanol–water partition coefficient (Wildman–Crippen LogP) is 3.03. The summed E-state index contributed by atoms with van der Waals surface area (Å²) in [5.74, 6) is 0.934. The van der Waals surface area contributed by atoms with E-state index in [1.807, 2.05) is 18.2 Å². The molecule has 0 unspecified atom stereocenters. The zero-order valence-electron chi connectivity index (χ0n) is 12.2. The molecule has 1 heterocycles. The van der Waals surface area contributed by atoms with E-state index in [0.29, 0.717) is 12.5 Å². The number of nitrogens with zero attached hydrogens (tertiary/aromatic N) is 3. The van der Waals surface area contributed by atoms with Crippen LogP contribution in [0.4, 0.5) is 5.82 Å². The first-order valence-corrected chi connectivity index (χ1v) is 6.98. The largest absolute Gasteiger partial charge is 0.370 e. The first-order valence-electron chi connectivity index (χ1n) is 6.98. The van der Waals surface area contributed by atoms with Crippen molar-refractivity contribution in [1.82, 2.24) is 9.88 Å². The average molecular weight is 260 g/mol. The Morgan fingerprint density at radius 3 is 2.84 bits per heavy atom. The van der Waals surface area contributed by atoms with E-state index in [0.717, 1.165) is 37.6 Å². The maximum absolute atomic E-state index is 8.70. The van der Waals surface area contributed by atoms with Crippen LogP contribution < -0.4 is 5.32 Å². The Morgan fingerprint density at radius 2 is 2.21 bits per heavy atom. The molecule has 0 aromatic carbocycles. The first kappa shape index (κ1) is 15.5. The molecule has 1 aromatic heterocycles. The normalized spacial score (nSPS) is 10.7. The smallest absolute Gasteiger partial charge is 0.126 e. The molecule has 104 valence electrons. The van der Waals surface area contributed by atoms with Crippen LogP contribution in [0.5, 0.6) is 0 Å². The van der Waals surface area contributed by atoms with Gasteiger partial charge in [0.2, 0.25) is 0 Å². The van der Waals surface area contributed by atoms with Gasteiger partial charge in [0.05, 0.1) is 11.8 Å². The van der Waals surface area contributed by atoms with E-state index in [1.54, 1.807) is 0 Å². The van der Waals surface area contributed by atoms with Gasteiger partial charge in [0.25, 0.3) is 0 Å². The molecule has 0 bridgehead atoms. The Labute approximate surface area is 116 Å². The lowest BCUT2D eigenvalue weighted by molar-refractivity contribution is 0.215. The van der Waals surface area contributed by atoms with Gasteiger partial charge >= 0.3 is 0 Å². The van der Waals surface area contributed by atoms with Gasteiger partial charge in [-0.05, 0) is 32.4 Å². The van der Waals surface area contributed by atoms with Crippen LogP contribution in [-0.4, -0.2) is 29.0 Å². The number of aromatic nitrogens is 1. The Kier molecular flexibility index (Phi) is 6.91. The van der Waals surface area contributed by atoms with Gasteiger partial charge in [0.15, 0.2) is 0 Å². The lowest BCUT2D eigenvalue weighted by Gasteiger charge is -2.25. The Bertz CT molecular complexity index is 409. The Hall–Kier alpha value is -1.60. The fourth-order valence-electron chi connectivity index (χ4n) is 1.84. The van der Waals surface area contributed by atoms with E-state index in [-0.39, 0.29) is 0 Å². The minimum Gasteiger partial charge on any atom is -0.370 e. The third-order valence-electron chi connectivity index (χ3n) is 2.97. The van der Waals surface area contributed by atoms with Crippen molar-refractivity contribution in [1.29, 1.82) is 5.26 Å². The van der Waals surface area contributed by atoms with Crippen LogP contribution in [0.15, 0.2) is 18.2 Å². The molecule has 1 rings (SSSR count). The second kappa shape index (κ2) is 8.49. The standard InChI is InChI=1S/C15H24N4/c1-4-10-17-15-8-5-7-14(18-15)12-19(13(2)3)11-6-9-16/h5,7-8,13H,4,6,10-12H2,1-3H3,(H,17,18). The molecule has 0 fully saturated rings. The Morgan fingerprint density at radius 1 is 1.42 bits per heavy atom. The number of nitriles is 1. The van der Waals surface area contributed by atoms with Crippen LogP contribution in [-0.2, 0) is 6.54 Å². The highest BCUT2D eigenvalue weighted by molar-refractivity contribution is 5.35. The summed E-state index contributed by atoms with van der Waals surface area (Å²) in [5, 5.41) is 12.0. The molecule has 0 aliphatic rings. The fourth-order valence-corrected chi connectivity index (χ4v) is 1.84. The monoisotopic (exact) mass is 260 g/mol. The number of hydrogen-bond donors (Lipinski definition) is 1. The molecule has 1 N–H and O–H groups in total. The third-order valence-corrected chi connectivity index (χ3v) is 2.97. The summed E-state index contributed by atoms with van der Waals surface area (Å²) in [6, 6.07) is 8.69. The number of anilines is 1.